The highest BCUT2D eigenvalue weighted by molar-refractivity contribution is 6.30. The maximum Gasteiger partial charge on any atom is 0.261 e. The highest BCUT2D eigenvalue weighted by atomic mass is 35.5. The predicted octanol–water partition coefficient (Wildman–Crippen LogP) is 3.50. The number of aryl methyl sites for hydroxylation is 1. The third-order valence-corrected chi connectivity index (χ3v) is 6.47. The SMILES string of the molecule is Cc1ccc2c(c1)C(=O)N(CCC(=O)NCC1(c3ccc(Cl)cc3)CCOCC1)C2=O. The van der Waals surface area contributed by atoms with Crippen LogP contribution < -0.4 is 5.32 Å². The van der Waals surface area contributed by atoms with Crippen LogP contribution >= 0.6 is 11.6 Å². The zero-order chi connectivity index (χ0) is 22.0. The minimum Gasteiger partial charge on any atom is -0.381 e. The number of hydrogen-bond donors (Lipinski definition) is 1. The van der Waals surface area contributed by atoms with Crippen LogP contribution in [0.1, 0.15) is 51.1 Å². The van der Waals surface area contributed by atoms with Gasteiger partial charge in [-0.05, 0) is 49.6 Å². The molecule has 0 bridgehead atoms. The number of ether oxygens (including phenoxy) is 1. The van der Waals surface area contributed by atoms with Crippen molar-refractivity contribution in [2.24, 2.45) is 0 Å². The molecule has 2 aromatic carbocycles. The first-order valence-corrected chi connectivity index (χ1v) is 10.8. The van der Waals surface area contributed by atoms with E-state index in [1.165, 1.54) is 0 Å². The Morgan fingerprint density at radius 1 is 1.06 bits per heavy atom. The molecule has 31 heavy (non-hydrogen) atoms. The Kier molecular flexibility index (Phi) is 6.12. The van der Waals surface area contributed by atoms with Gasteiger partial charge in [-0.2, -0.15) is 0 Å². The minimum absolute atomic E-state index is 0.0638. The summed E-state index contributed by atoms with van der Waals surface area (Å²) in [7, 11) is 0. The molecule has 2 aromatic rings. The summed E-state index contributed by atoms with van der Waals surface area (Å²) in [5.41, 5.74) is 2.64. The highest BCUT2D eigenvalue weighted by Crippen LogP contribution is 2.35. The van der Waals surface area contributed by atoms with E-state index in [1.807, 2.05) is 37.3 Å². The number of imide groups is 1. The fourth-order valence-corrected chi connectivity index (χ4v) is 4.44. The normalized spacial score (nSPS) is 17.5. The van der Waals surface area contributed by atoms with E-state index in [0.29, 0.717) is 35.9 Å². The molecule has 2 aliphatic heterocycles. The number of halogens is 1. The van der Waals surface area contributed by atoms with Crippen molar-refractivity contribution in [2.45, 2.75) is 31.6 Å². The largest absolute Gasteiger partial charge is 0.381 e. The van der Waals surface area contributed by atoms with Gasteiger partial charge >= 0.3 is 0 Å². The Morgan fingerprint density at radius 2 is 1.74 bits per heavy atom. The van der Waals surface area contributed by atoms with E-state index >= 15 is 0 Å². The Balaban J connectivity index is 1.38. The maximum atomic E-state index is 12.6. The maximum absolute atomic E-state index is 12.6. The molecule has 1 saturated heterocycles. The summed E-state index contributed by atoms with van der Waals surface area (Å²) in [5, 5.41) is 3.69. The third-order valence-electron chi connectivity index (χ3n) is 6.22. The minimum atomic E-state index is -0.338. The number of rotatable bonds is 6. The lowest BCUT2D eigenvalue weighted by Crippen LogP contribution is -2.45. The molecule has 7 heteroatoms. The van der Waals surface area contributed by atoms with E-state index in [0.717, 1.165) is 28.9 Å². The van der Waals surface area contributed by atoms with Gasteiger partial charge in [0.1, 0.15) is 0 Å². The zero-order valence-electron chi connectivity index (χ0n) is 17.4. The fourth-order valence-electron chi connectivity index (χ4n) is 4.31. The lowest BCUT2D eigenvalue weighted by atomic mass is 9.74. The fraction of sp³-hybridized carbons (Fsp3) is 0.375. The van der Waals surface area contributed by atoms with Crippen LogP contribution in [-0.2, 0) is 14.9 Å². The van der Waals surface area contributed by atoms with Gasteiger partial charge in [0.15, 0.2) is 0 Å². The first-order chi connectivity index (χ1) is 14.9. The van der Waals surface area contributed by atoms with Crippen molar-refractivity contribution in [1.29, 1.82) is 0 Å². The summed E-state index contributed by atoms with van der Waals surface area (Å²) >= 11 is 6.04. The molecule has 1 N–H and O–H groups in total. The zero-order valence-corrected chi connectivity index (χ0v) is 18.2. The van der Waals surface area contributed by atoms with Gasteiger partial charge in [0.05, 0.1) is 11.1 Å². The number of fused-ring (bicyclic) bond motifs is 1. The van der Waals surface area contributed by atoms with Gasteiger partial charge in [-0.1, -0.05) is 35.4 Å². The number of amides is 3. The molecule has 2 aliphatic rings. The number of benzene rings is 2. The van der Waals surface area contributed by atoms with E-state index in [2.05, 4.69) is 5.32 Å². The summed E-state index contributed by atoms with van der Waals surface area (Å²) in [4.78, 5) is 38.9. The number of nitrogens with one attached hydrogen (secondary N) is 1. The summed E-state index contributed by atoms with van der Waals surface area (Å²) in [6.07, 6.45) is 1.66. The monoisotopic (exact) mass is 440 g/mol. The molecule has 1 fully saturated rings. The standard InChI is InChI=1S/C24H25ClN2O4/c1-16-2-7-19-20(14-16)23(30)27(22(19)29)11-8-21(28)26-15-24(9-12-31-13-10-24)17-3-5-18(25)6-4-17/h2-7,14H,8-13,15H2,1H3,(H,26,28). The van der Waals surface area contributed by atoms with Crippen molar-refractivity contribution >= 4 is 29.3 Å². The lowest BCUT2D eigenvalue weighted by molar-refractivity contribution is -0.121. The van der Waals surface area contributed by atoms with Crippen LogP contribution in [0.15, 0.2) is 42.5 Å². The number of nitrogens with zero attached hydrogens (tertiary/aromatic N) is 1. The number of carbonyl (C=O) groups is 3. The van der Waals surface area contributed by atoms with Crippen molar-refractivity contribution in [3.8, 4) is 0 Å². The van der Waals surface area contributed by atoms with Crippen LogP contribution in [0.2, 0.25) is 5.02 Å². The molecule has 2 heterocycles. The molecular formula is C24H25ClN2O4. The van der Waals surface area contributed by atoms with Gasteiger partial charge in [0.25, 0.3) is 11.8 Å². The molecule has 0 aromatic heterocycles. The Morgan fingerprint density at radius 3 is 2.45 bits per heavy atom. The average Bonchev–Trinajstić information content (AvgIpc) is 3.01. The topological polar surface area (TPSA) is 75.7 Å². The predicted molar refractivity (Wildman–Crippen MR) is 117 cm³/mol. The van der Waals surface area contributed by atoms with E-state index in [1.54, 1.807) is 12.1 Å². The Labute approximate surface area is 186 Å². The number of hydrogen-bond acceptors (Lipinski definition) is 4. The molecule has 3 amide bonds. The van der Waals surface area contributed by atoms with Gasteiger partial charge in [-0.3, -0.25) is 19.3 Å². The molecule has 4 rings (SSSR count). The van der Waals surface area contributed by atoms with Crippen LogP contribution in [-0.4, -0.2) is 48.9 Å². The second-order valence-electron chi connectivity index (χ2n) is 8.24. The molecule has 0 unspecified atom stereocenters. The second kappa shape index (κ2) is 8.81. The van der Waals surface area contributed by atoms with Crippen molar-refractivity contribution in [2.75, 3.05) is 26.3 Å². The van der Waals surface area contributed by atoms with Gasteiger partial charge in [0.2, 0.25) is 5.91 Å². The van der Waals surface area contributed by atoms with Gasteiger partial charge < -0.3 is 10.1 Å². The molecule has 0 radical (unpaired) electrons. The van der Waals surface area contributed by atoms with Crippen LogP contribution in [0.4, 0.5) is 0 Å². The smallest absolute Gasteiger partial charge is 0.261 e. The quantitative estimate of drug-likeness (QED) is 0.697. The Bertz CT molecular complexity index is 1010. The van der Waals surface area contributed by atoms with Gasteiger partial charge in [-0.25, -0.2) is 0 Å². The number of carbonyl (C=O) groups excluding carboxylic acids is 3. The van der Waals surface area contributed by atoms with Crippen molar-refractivity contribution in [3.63, 3.8) is 0 Å². The van der Waals surface area contributed by atoms with E-state index in [-0.39, 0.29) is 36.1 Å². The molecule has 0 atom stereocenters. The Hall–Kier alpha value is -2.70. The lowest BCUT2D eigenvalue weighted by Gasteiger charge is -2.38. The van der Waals surface area contributed by atoms with Crippen LogP contribution in [0.25, 0.3) is 0 Å². The van der Waals surface area contributed by atoms with Crippen LogP contribution in [0.5, 0.6) is 0 Å². The molecular weight excluding hydrogens is 416 g/mol. The first kappa shape index (κ1) is 21.5. The van der Waals surface area contributed by atoms with E-state index in [9.17, 15) is 14.4 Å². The molecule has 162 valence electrons. The van der Waals surface area contributed by atoms with E-state index < -0.39 is 0 Å². The molecule has 0 aliphatic carbocycles. The summed E-state index contributed by atoms with van der Waals surface area (Å²) in [6, 6.07) is 12.9. The van der Waals surface area contributed by atoms with Gasteiger partial charge in [-0.15, -0.1) is 0 Å². The van der Waals surface area contributed by atoms with E-state index in [4.69, 9.17) is 16.3 Å². The van der Waals surface area contributed by atoms with Crippen molar-refractivity contribution in [3.05, 3.63) is 69.7 Å². The molecule has 0 spiro atoms. The second-order valence-corrected chi connectivity index (χ2v) is 8.67. The average molecular weight is 441 g/mol. The van der Waals surface area contributed by atoms with Crippen molar-refractivity contribution < 1.29 is 19.1 Å². The first-order valence-electron chi connectivity index (χ1n) is 10.5. The van der Waals surface area contributed by atoms with Crippen LogP contribution in [0, 0.1) is 6.92 Å². The third kappa shape index (κ3) is 4.36. The summed E-state index contributed by atoms with van der Waals surface area (Å²) < 4.78 is 5.53. The highest BCUT2D eigenvalue weighted by Gasteiger charge is 2.37. The summed E-state index contributed by atoms with van der Waals surface area (Å²) in [6.45, 7) is 3.67. The summed E-state index contributed by atoms with van der Waals surface area (Å²) in [5.74, 6) is -0.860. The van der Waals surface area contributed by atoms with Gasteiger partial charge in [0, 0.05) is 43.2 Å². The molecule has 0 saturated carbocycles. The molecule has 6 nitrogen and oxygen atoms in total. The van der Waals surface area contributed by atoms with Crippen molar-refractivity contribution in [1.82, 2.24) is 10.2 Å². The van der Waals surface area contributed by atoms with Crippen LogP contribution in [0.3, 0.4) is 0 Å².